The Morgan fingerprint density at radius 3 is 2.77 bits per heavy atom. The fourth-order valence-electron chi connectivity index (χ4n) is 2.15. The van der Waals surface area contributed by atoms with Gasteiger partial charge in [0, 0.05) is 22.1 Å². The number of hydrogen-bond acceptors (Lipinski definition) is 6. The molecule has 1 fully saturated rings. The van der Waals surface area contributed by atoms with Crippen LogP contribution in [0.5, 0.6) is 0 Å². The van der Waals surface area contributed by atoms with Gasteiger partial charge < -0.3 is 9.84 Å². The van der Waals surface area contributed by atoms with E-state index in [4.69, 9.17) is 4.52 Å². The van der Waals surface area contributed by atoms with Crippen molar-refractivity contribution in [3.05, 3.63) is 34.1 Å². The molecule has 0 aromatic heterocycles. The van der Waals surface area contributed by atoms with Crippen molar-refractivity contribution in [1.29, 1.82) is 0 Å². The van der Waals surface area contributed by atoms with Gasteiger partial charge in [-0.05, 0) is 25.0 Å². The van der Waals surface area contributed by atoms with Crippen LogP contribution in [0.25, 0.3) is 0 Å². The number of halogens is 1. The summed E-state index contributed by atoms with van der Waals surface area (Å²) < 4.78 is 18.2. The van der Waals surface area contributed by atoms with Gasteiger partial charge in [0.2, 0.25) is 0 Å². The van der Waals surface area contributed by atoms with Crippen molar-refractivity contribution in [1.82, 2.24) is 10.4 Å². The molecule has 2 rings (SSSR count). The van der Waals surface area contributed by atoms with E-state index in [1.165, 1.54) is 12.1 Å². The van der Waals surface area contributed by atoms with Crippen LogP contribution in [0.4, 0.5) is 15.8 Å². The van der Waals surface area contributed by atoms with Crippen molar-refractivity contribution >= 4 is 30.2 Å². The van der Waals surface area contributed by atoms with E-state index in [1.807, 2.05) is 0 Å². The largest absolute Gasteiger partial charge is 0.378 e. The Morgan fingerprint density at radius 2 is 2.23 bits per heavy atom. The van der Waals surface area contributed by atoms with Crippen LogP contribution in [0.2, 0.25) is 0 Å². The van der Waals surface area contributed by atoms with E-state index < -0.39 is 10.7 Å². The molecule has 3 N–H and O–H groups in total. The highest BCUT2D eigenvalue weighted by atomic mass is 31.0. The molecule has 0 bridgehead atoms. The van der Waals surface area contributed by atoms with Crippen LogP contribution >= 0.6 is 18.9 Å². The topological polar surface area (TPSA) is 88.5 Å². The molecule has 1 aromatic carbocycles. The molecule has 0 saturated heterocycles. The van der Waals surface area contributed by atoms with Crippen LogP contribution in [0, 0.1) is 15.9 Å². The van der Waals surface area contributed by atoms with Crippen LogP contribution in [-0.4, -0.2) is 29.8 Å². The predicted octanol–water partition coefficient (Wildman–Crippen LogP) is 1.78. The number of benzene rings is 1. The van der Waals surface area contributed by atoms with E-state index in [9.17, 15) is 14.5 Å². The molecule has 10 heteroatoms. The lowest BCUT2D eigenvalue weighted by Crippen LogP contribution is -2.50. The summed E-state index contributed by atoms with van der Waals surface area (Å²) in [4.78, 5) is 10.4. The summed E-state index contributed by atoms with van der Waals surface area (Å²) in [6.45, 7) is 0.829. The minimum absolute atomic E-state index is 0.0577. The van der Waals surface area contributed by atoms with Crippen molar-refractivity contribution in [2.45, 2.75) is 24.5 Å². The molecule has 1 aromatic rings. The standard InChI is InChI=1S/C12H19FN4O3P2/c13-8-1-2-10(11(5-8)17(18)19)14-6-9(7-20-22)15-12(16-21)3-4-12/h1-2,5,9,14-16H,3-4,6-7,21-22H2. The fraction of sp³-hybridized carbons (Fsp3) is 0.500. The molecule has 3 unspecified atom stereocenters. The van der Waals surface area contributed by atoms with E-state index in [0.29, 0.717) is 13.2 Å². The minimum atomic E-state index is -0.635. The second-order valence-electron chi connectivity index (χ2n) is 5.20. The molecule has 7 nitrogen and oxygen atoms in total. The number of nitrogens with zero attached hydrogens (tertiary/aromatic N) is 1. The van der Waals surface area contributed by atoms with Gasteiger partial charge in [0.1, 0.15) is 11.5 Å². The Hall–Kier alpha value is -0.910. The lowest BCUT2D eigenvalue weighted by atomic mass is 10.2. The lowest BCUT2D eigenvalue weighted by Gasteiger charge is -2.25. The molecule has 0 aliphatic heterocycles. The molecule has 1 aliphatic rings. The van der Waals surface area contributed by atoms with Crippen LogP contribution in [0.1, 0.15) is 12.8 Å². The lowest BCUT2D eigenvalue weighted by molar-refractivity contribution is -0.384. The van der Waals surface area contributed by atoms with Crippen LogP contribution in [0.15, 0.2) is 18.2 Å². The van der Waals surface area contributed by atoms with E-state index in [1.54, 1.807) is 0 Å². The van der Waals surface area contributed by atoms with Gasteiger partial charge >= 0.3 is 0 Å². The van der Waals surface area contributed by atoms with E-state index in [0.717, 1.165) is 18.9 Å². The van der Waals surface area contributed by atoms with E-state index in [2.05, 4.69) is 34.6 Å². The van der Waals surface area contributed by atoms with Crippen molar-refractivity contribution in [3.63, 3.8) is 0 Å². The zero-order chi connectivity index (χ0) is 16.2. The Labute approximate surface area is 132 Å². The highest BCUT2D eigenvalue weighted by Crippen LogP contribution is 2.34. The van der Waals surface area contributed by atoms with Crippen LogP contribution < -0.4 is 15.7 Å². The van der Waals surface area contributed by atoms with Gasteiger partial charge in [0.15, 0.2) is 0 Å². The molecular formula is C12H19FN4O3P2. The van der Waals surface area contributed by atoms with E-state index in [-0.39, 0.29) is 23.1 Å². The van der Waals surface area contributed by atoms with Crippen molar-refractivity contribution < 1.29 is 13.8 Å². The van der Waals surface area contributed by atoms with Gasteiger partial charge in [-0.3, -0.25) is 20.5 Å². The second-order valence-corrected chi connectivity index (χ2v) is 5.82. The summed E-state index contributed by atoms with van der Waals surface area (Å²) in [5, 5.41) is 20.5. The third-order valence-electron chi connectivity index (χ3n) is 3.50. The zero-order valence-electron chi connectivity index (χ0n) is 11.8. The third-order valence-corrected chi connectivity index (χ3v) is 4.24. The van der Waals surface area contributed by atoms with Gasteiger partial charge in [-0.15, -0.1) is 0 Å². The SMILES string of the molecule is O=[N+]([O-])c1cc(F)ccc1NCC(COP)NC1(NP)CC1. The van der Waals surface area contributed by atoms with Crippen molar-refractivity contribution in [2.75, 3.05) is 18.5 Å². The first-order chi connectivity index (χ1) is 10.5. The molecule has 1 saturated carbocycles. The number of nitrogens with one attached hydrogen (secondary N) is 3. The number of nitro benzene ring substituents is 1. The van der Waals surface area contributed by atoms with Gasteiger partial charge in [0.25, 0.3) is 5.69 Å². The Morgan fingerprint density at radius 1 is 1.50 bits per heavy atom. The average Bonchev–Trinajstić information content (AvgIpc) is 3.26. The van der Waals surface area contributed by atoms with Crippen molar-refractivity contribution in [3.8, 4) is 0 Å². The smallest absolute Gasteiger partial charge is 0.295 e. The van der Waals surface area contributed by atoms with Gasteiger partial charge in [0.05, 0.1) is 23.3 Å². The maximum atomic E-state index is 13.1. The molecule has 22 heavy (non-hydrogen) atoms. The number of anilines is 1. The molecule has 0 spiro atoms. The summed E-state index contributed by atoms with van der Waals surface area (Å²) in [6, 6.07) is 3.41. The van der Waals surface area contributed by atoms with Crippen LogP contribution in [-0.2, 0) is 4.52 Å². The third kappa shape index (κ3) is 4.54. The molecule has 1 aliphatic carbocycles. The normalized spacial score (nSPS) is 17.0. The Balaban J connectivity index is 2.01. The molecule has 122 valence electrons. The highest BCUT2D eigenvalue weighted by molar-refractivity contribution is 7.13. The summed E-state index contributed by atoms with van der Waals surface area (Å²) in [7, 11) is 4.67. The van der Waals surface area contributed by atoms with Gasteiger partial charge in [-0.1, -0.05) is 9.39 Å². The summed E-state index contributed by atoms with van der Waals surface area (Å²) >= 11 is 0. The van der Waals surface area contributed by atoms with Crippen LogP contribution in [0.3, 0.4) is 0 Å². The fourth-order valence-corrected chi connectivity index (χ4v) is 2.76. The first kappa shape index (κ1) is 17.4. The molecule has 0 heterocycles. The molecule has 0 radical (unpaired) electrons. The number of rotatable bonds is 9. The zero-order valence-corrected chi connectivity index (χ0v) is 14.2. The maximum Gasteiger partial charge on any atom is 0.295 e. The second kappa shape index (κ2) is 7.57. The number of hydrogen-bond donors (Lipinski definition) is 3. The molecule has 0 amide bonds. The first-order valence-electron chi connectivity index (χ1n) is 6.74. The summed E-state index contributed by atoms with van der Waals surface area (Å²) in [6.07, 6.45) is 2.00. The Kier molecular flexibility index (Phi) is 6.01. The summed E-state index contributed by atoms with van der Waals surface area (Å²) in [5.74, 6) is -0.635. The maximum absolute atomic E-state index is 13.1. The monoisotopic (exact) mass is 348 g/mol. The van der Waals surface area contributed by atoms with Crippen molar-refractivity contribution in [2.24, 2.45) is 0 Å². The number of nitro groups is 1. The first-order valence-corrected chi connectivity index (χ1v) is 7.79. The van der Waals surface area contributed by atoms with Gasteiger partial charge in [-0.25, -0.2) is 4.39 Å². The van der Waals surface area contributed by atoms with E-state index >= 15 is 0 Å². The molecule has 3 atom stereocenters. The summed E-state index contributed by atoms with van der Waals surface area (Å²) in [5.41, 5.74) is -0.115. The van der Waals surface area contributed by atoms with Gasteiger partial charge in [-0.2, -0.15) is 0 Å². The Bertz CT molecular complexity index is 545. The quantitative estimate of drug-likeness (QED) is 0.273. The minimum Gasteiger partial charge on any atom is -0.378 e. The predicted molar refractivity (Wildman–Crippen MR) is 88.9 cm³/mol. The average molecular weight is 348 g/mol. The highest BCUT2D eigenvalue weighted by Gasteiger charge is 2.42. The molecular weight excluding hydrogens is 329 g/mol.